The van der Waals surface area contributed by atoms with Crippen molar-refractivity contribution in [2.75, 3.05) is 0 Å². The average Bonchev–Trinajstić information content (AvgIpc) is 2.19. The van der Waals surface area contributed by atoms with Gasteiger partial charge in [-0.15, -0.1) is 0 Å². The molecule has 0 aromatic rings. The van der Waals surface area contributed by atoms with Crippen molar-refractivity contribution >= 4 is 16.6 Å². The van der Waals surface area contributed by atoms with Crippen LogP contribution < -0.4 is 0 Å². The highest BCUT2D eigenvalue weighted by Crippen LogP contribution is 2.41. The van der Waals surface area contributed by atoms with Gasteiger partial charge in [0.05, 0.1) is 11.9 Å². The number of hydrogen-bond acceptors (Lipinski definition) is 2. The summed E-state index contributed by atoms with van der Waals surface area (Å²) in [4.78, 5) is 0. The van der Waals surface area contributed by atoms with Crippen molar-refractivity contribution in [3.05, 3.63) is 11.8 Å². The van der Waals surface area contributed by atoms with E-state index < -0.39 is 16.6 Å². The summed E-state index contributed by atoms with van der Waals surface area (Å²) in [6.07, 6.45) is 3.67. The van der Waals surface area contributed by atoms with E-state index in [4.69, 9.17) is 8.85 Å². The first kappa shape index (κ1) is 19.0. The quantitative estimate of drug-likeness (QED) is 0.608. The fourth-order valence-corrected chi connectivity index (χ4v) is 5.04. The molecule has 0 bridgehead atoms. The van der Waals surface area contributed by atoms with E-state index in [-0.39, 0.29) is 5.04 Å². The molecule has 3 atom stereocenters. The SMILES string of the molecule is C[C@@H]1C=C(O[Si](C)(C)C)C[C@H](C)[C@@H]1O[Si](C)(C)C(C)(C)C. The standard InChI is InChI=1S/C17H36O2Si2/c1-13-11-15(18-20(6,7)8)12-14(2)16(13)19-21(9,10)17(3,4)5/h11,13-14,16H,12H2,1-10H3/t13-,14+,16-/m1/s1. The zero-order valence-electron chi connectivity index (χ0n) is 15.8. The predicted octanol–water partition coefficient (Wildman–Crippen LogP) is 5.79. The minimum atomic E-state index is -1.71. The molecule has 1 aliphatic carbocycles. The maximum atomic E-state index is 6.70. The van der Waals surface area contributed by atoms with Crippen molar-refractivity contribution in [3.8, 4) is 0 Å². The molecule has 0 fully saturated rings. The molecule has 1 aliphatic rings. The van der Waals surface area contributed by atoms with E-state index in [0.717, 1.165) is 6.42 Å². The first-order valence-corrected chi connectivity index (χ1v) is 14.6. The van der Waals surface area contributed by atoms with Crippen LogP contribution in [0.15, 0.2) is 11.8 Å². The van der Waals surface area contributed by atoms with Gasteiger partial charge in [0.1, 0.15) is 0 Å². The van der Waals surface area contributed by atoms with Crippen LogP contribution in [0.3, 0.4) is 0 Å². The summed E-state index contributed by atoms with van der Waals surface area (Å²) in [5, 5.41) is 0.269. The lowest BCUT2D eigenvalue weighted by atomic mass is 9.85. The highest BCUT2D eigenvalue weighted by molar-refractivity contribution is 6.74. The van der Waals surface area contributed by atoms with Gasteiger partial charge in [-0.05, 0) is 49.8 Å². The van der Waals surface area contributed by atoms with Gasteiger partial charge in [-0.2, -0.15) is 0 Å². The zero-order chi connectivity index (χ0) is 16.6. The zero-order valence-corrected chi connectivity index (χ0v) is 17.8. The van der Waals surface area contributed by atoms with Crippen molar-refractivity contribution in [2.45, 2.75) is 84.9 Å². The minimum absolute atomic E-state index is 0.269. The van der Waals surface area contributed by atoms with E-state index in [1.54, 1.807) is 0 Å². The Hall–Kier alpha value is -0.0662. The van der Waals surface area contributed by atoms with E-state index in [2.05, 4.69) is 73.4 Å². The topological polar surface area (TPSA) is 18.5 Å². The Morgan fingerprint density at radius 1 is 1.05 bits per heavy atom. The molecule has 0 amide bonds. The van der Waals surface area contributed by atoms with Crippen LogP contribution in [0.25, 0.3) is 0 Å². The molecular formula is C17H36O2Si2. The van der Waals surface area contributed by atoms with Crippen LogP contribution in [0.4, 0.5) is 0 Å². The van der Waals surface area contributed by atoms with Gasteiger partial charge in [-0.3, -0.25) is 0 Å². The summed E-state index contributed by atoms with van der Waals surface area (Å²) in [6, 6.07) is 0. The lowest BCUT2D eigenvalue weighted by molar-refractivity contribution is 0.0759. The third-order valence-electron chi connectivity index (χ3n) is 4.73. The summed E-state index contributed by atoms with van der Waals surface area (Å²) < 4.78 is 12.9. The highest BCUT2D eigenvalue weighted by atomic mass is 28.4. The van der Waals surface area contributed by atoms with Gasteiger partial charge in [0, 0.05) is 12.3 Å². The van der Waals surface area contributed by atoms with Gasteiger partial charge in [0.2, 0.25) is 8.32 Å². The van der Waals surface area contributed by atoms with Crippen molar-refractivity contribution in [2.24, 2.45) is 11.8 Å². The molecule has 0 saturated heterocycles. The molecule has 1 rings (SSSR count). The fourth-order valence-electron chi connectivity index (χ4n) is 2.62. The Labute approximate surface area is 134 Å². The first-order valence-electron chi connectivity index (χ1n) is 8.30. The molecule has 0 aromatic heterocycles. The summed E-state index contributed by atoms with van der Waals surface area (Å²) >= 11 is 0. The number of hydrogen-bond donors (Lipinski definition) is 0. The van der Waals surface area contributed by atoms with Gasteiger partial charge in [-0.25, -0.2) is 0 Å². The molecule has 21 heavy (non-hydrogen) atoms. The van der Waals surface area contributed by atoms with Crippen LogP contribution in [0, 0.1) is 11.8 Å². The normalized spacial score (nSPS) is 28.3. The van der Waals surface area contributed by atoms with E-state index in [1.807, 2.05) is 0 Å². The van der Waals surface area contributed by atoms with Gasteiger partial charge >= 0.3 is 0 Å². The Morgan fingerprint density at radius 2 is 1.57 bits per heavy atom. The second-order valence-electron chi connectivity index (χ2n) is 9.23. The van der Waals surface area contributed by atoms with Crippen molar-refractivity contribution in [1.82, 2.24) is 0 Å². The van der Waals surface area contributed by atoms with E-state index in [0.29, 0.717) is 17.9 Å². The van der Waals surface area contributed by atoms with Crippen LogP contribution in [-0.2, 0) is 8.85 Å². The maximum Gasteiger partial charge on any atom is 0.241 e. The molecule has 0 radical (unpaired) electrons. The van der Waals surface area contributed by atoms with E-state index >= 15 is 0 Å². The maximum absolute atomic E-state index is 6.70. The molecule has 0 N–H and O–H groups in total. The molecule has 0 spiro atoms. The third kappa shape index (κ3) is 5.25. The average molecular weight is 329 g/mol. The van der Waals surface area contributed by atoms with Crippen LogP contribution in [0.1, 0.15) is 41.0 Å². The van der Waals surface area contributed by atoms with E-state index in [1.165, 1.54) is 5.76 Å². The fraction of sp³-hybridized carbons (Fsp3) is 0.882. The lowest BCUT2D eigenvalue weighted by Gasteiger charge is -2.44. The molecule has 124 valence electrons. The minimum Gasteiger partial charge on any atom is -0.548 e. The van der Waals surface area contributed by atoms with Crippen molar-refractivity contribution in [1.29, 1.82) is 0 Å². The van der Waals surface area contributed by atoms with Crippen LogP contribution >= 0.6 is 0 Å². The Balaban J connectivity index is 2.84. The smallest absolute Gasteiger partial charge is 0.241 e. The molecule has 0 aliphatic heterocycles. The molecule has 0 unspecified atom stereocenters. The second kappa shape index (κ2) is 6.21. The van der Waals surface area contributed by atoms with Crippen molar-refractivity contribution in [3.63, 3.8) is 0 Å². The van der Waals surface area contributed by atoms with Gasteiger partial charge in [0.25, 0.3) is 0 Å². The van der Waals surface area contributed by atoms with Crippen LogP contribution in [-0.4, -0.2) is 22.7 Å². The lowest BCUT2D eigenvalue weighted by Crippen LogP contribution is -2.48. The molecule has 4 heteroatoms. The Morgan fingerprint density at radius 3 is 1.95 bits per heavy atom. The van der Waals surface area contributed by atoms with E-state index in [9.17, 15) is 0 Å². The van der Waals surface area contributed by atoms with Gasteiger partial charge < -0.3 is 8.85 Å². The molecule has 2 nitrogen and oxygen atoms in total. The Bertz CT molecular complexity index is 389. The largest absolute Gasteiger partial charge is 0.548 e. The number of allylic oxidation sites excluding steroid dienone is 1. The number of rotatable bonds is 4. The summed E-state index contributed by atoms with van der Waals surface area (Å²) in [7, 11) is -3.21. The molecule has 0 aromatic carbocycles. The first-order chi connectivity index (χ1) is 9.23. The van der Waals surface area contributed by atoms with Gasteiger partial charge in [-0.1, -0.05) is 34.6 Å². The summed E-state index contributed by atoms with van der Waals surface area (Å²) in [5.41, 5.74) is 0. The molecule has 0 saturated carbocycles. The molecule has 0 heterocycles. The summed E-state index contributed by atoms with van der Waals surface area (Å²) in [5.74, 6) is 2.17. The predicted molar refractivity (Wildman–Crippen MR) is 97.5 cm³/mol. The Kier molecular flexibility index (Phi) is 5.61. The van der Waals surface area contributed by atoms with Gasteiger partial charge in [0.15, 0.2) is 8.32 Å². The highest BCUT2D eigenvalue weighted by Gasteiger charge is 2.42. The third-order valence-corrected chi connectivity index (χ3v) is 10.1. The van der Waals surface area contributed by atoms with Crippen molar-refractivity contribution < 1.29 is 8.85 Å². The summed E-state index contributed by atoms with van der Waals surface area (Å²) in [6.45, 7) is 23.0. The second-order valence-corrected chi connectivity index (χ2v) is 18.4. The van der Waals surface area contributed by atoms with Crippen LogP contribution in [0.2, 0.25) is 37.8 Å². The monoisotopic (exact) mass is 328 g/mol. The molecular weight excluding hydrogens is 292 g/mol. The van der Waals surface area contributed by atoms with Crippen LogP contribution in [0.5, 0.6) is 0 Å².